The Bertz CT molecular complexity index is 910. The molecule has 0 radical (unpaired) electrons. The minimum absolute atomic E-state index is 0.118. The number of nitrogens with two attached hydrogens (primary N) is 1. The van der Waals surface area contributed by atoms with E-state index in [-0.39, 0.29) is 18.7 Å². The first-order chi connectivity index (χ1) is 15.5. The normalized spacial score (nSPS) is 22.4. The summed E-state index contributed by atoms with van der Waals surface area (Å²) in [5.74, 6) is -1.85. The second kappa shape index (κ2) is 9.89. The van der Waals surface area contributed by atoms with Gasteiger partial charge in [0.15, 0.2) is 0 Å². The van der Waals surface area contributed by atoms with E-state index in [0.717, 1.165) is 69.0 Å². The fourth-order valence-electron chi connectivity index (χ4n) is 4.79. The van der Waals surface area contributed by atoms with Gasteiger partial charge < -0.3 is 10.6 Å². The van der Waals surface area contributed by atoms with E-state index < -0.39 is 23.8 Å². The second-order valence-corrected chi connectivity index (χ2v) is 8.75. The maximum absolute atomic E-state index is 13.2. The number of nitrogens with one attached hydrogen (secondary N) is 1. The highest BCUT2D eigenvalue weighted by Crippen LogP contribution is 2.30. The Kier molecular flexibility index (Phi) is 6.98. The molecule has 2 fully saturated rings. The highest BCUT2D eigenvalue weighted by Gasteiger charge is 2.45. The van der Waals surface area contributed by atoms with Gasteiger partial charge in [-0.2, -0.15) is 0 Å². The van der Waals surface area contributed by atoms with Crippen molar-refractivity contribution < 1.29 is 19.2 Å². The smallest absolute Gasteiger partial charge is 0.262 e. The zero-order chi connectivity index (χ0) is 22.7. The average molecular weight is 442 g/mol. The first-order valence-electron chi connectivity index (χ1n) is 11.5. The molecule has 3 N–H and O–H groups in total. The zero-order valence-corrected chi connectivity index (χ0v) is 18.3. The molecule has 2 saturated heterocycles. The summed E-state index contributed by atoms with van der Waals surface area (Å²) in [7, 11) is 0. The predicted octanol–water partition coefficient (Wildman–Crippen LogP) is 0.334. The molecule has 3 aliphatic rings. The Labute approximate surface area is 187 Å². The SMILES string of the molecule is NCCCCCN1CCN(Cc2cccc3c2C(=O)N(C2CCC(=O)NC2=O)C3=O)CC1. The zero-order valence-electron chi connectivity index (χ0n) is 18.3. The Balaban J connectivity index is 1.41. The van der Waals surface area contributed by atoms with Gasteiger partial charge in [-0.05, 0) is 44.0 Å². The van der Waals surface area contributed by atoms with E-state index in [0.29, 0.717) is 17.7 Å². The van der Waals surface area contributed by atoms with Crippen molar-refractivity contribution in [2.75, 3.05) is 39.3 Å². The van der Waals surface area contributed by atoms with Crippen molar-refractivity contribution in [2.45, 2.75) is 44.7 Å². The van der Waals surface area contributed by atoms with Crippen LogP contribution < -0.4 is 11.1 Å². The van der Waals surface area contributed by atoms with Crippen LogP contribution in [0.15, 0.2) is 18.2 Å². The molecule has 0 spiro atoms. The summed E-state index contributed by atoms with van der Waals surface area (Å²) in [6.45, 7) is 6.19. The predicted molar refractivity (Wildman–Crippen MR) is 118 cm³/mol. The number of hydrogen-bond donors (Lipinski definition) is 2. The molecule has 1 atom stereocenters. The fraction of sp³-hybridized carbons (Fsp3) is 0.565. The van der Waals surface area contributed by atoms with Crippen molar-refractivity contribution in [1.82, 2.24) is 20.0 Å². The number of piperazine rings is 1. The summed E-state index contributed by atoms with van der Waals surface area (Å²) in [6, 6.07) is 4.39. The monoisotopic (exact) mass is 441 g/mol. The van der Waals surface area contributed by atoms with Crippen molar-refractivity contribution in [1.29, 1.82) is 0 Å². The van der Waals surface area contributed by atoms with Crippen LogP contribution in [-0.2, 0) is 16.1 Å². The number of benzene rings is 1. The van der Waals surface area contributed by atoms with Gasteiger partial charge in [0, 0.05) is 39.1 Å². The van der Waals surface area contributed by atoms with Gasteiger partial charge in [0.25, 0.3) is 11.8 Å². The summed E-state index contributed by atoms with van der Waals surface area (Å²) >= 11 is 0. The third kappa shape index (κ3) is 4.60. The number of unbranched alkanes of at least 4 members (excludes halogenated alkanes) is 2. The number of carbonyl (C=O) groups is 4. The van der Waals surface area contributed by atoms with Crippen LogP contribution in [0.2, 0.25) is 0 Å². The number of hydrogen-bond acceptors (Lipinski definition) is 7. The van der Waals surface area contributed by atoms with Gasteiger partial charge in [-0.1, -0.05) is 18.6 Å². The molecule has 4 rings (SSSR count). The molecule has 0 aliphatic carbocycles. The maximum Gasteiger partial charge on any atom is 0.262 e. The fourth-order valence-corrected chi connectivity index (χ4v) is 4.79. The van der Waals surface area contributed by atoms with Gasteiger partial charge in [0.2, 0.25) is 11.8 Å². The van der Waals surface area contributed by atoms with Crippen LogP contribution in [0.5, 0.6) is 0 Å². The summed E-state index contributed by atoms with van der Waals surface area (Å²) in [5.41, 5.74) is 7.11. The van der Waals surface area contributed by atoms with Crippen molar-refractivity contribution in [3.8, 4) is 0 Å². The van der Waals surface area contributed by atoms with Crippen LogP contribution in [0, 0.1) is 0 Å². The summed E-state index contributed by atoms with van der Waals surface area (Å²) < 4.78 is 0. The first-order valence-corrected chi connectivity index (χ1v) is 11.5. The third-order valence-electron chi connectivity index (χ3n) is 6.59. The summed E-state index contributed by atoms with van der Waals surface area (Å²) in [6.07, 6.45) is 3.68. The van der Waals surface area contributed by atoms with Crippen LogP contribution >= 0.6 is 0 Å². The summed E-state index contributed by atoms with van der Waals surface area (Å²) in [4.78, 5) is 55.8. The molecule has 172 valence electrons. The largest absolute Gasteiger partial charge is 0.330 e. The highest BCUT2D eigenvalue weighted by molar-refractivity contribution is 6.24. The number of nitrogens with zero attached hydrogens (tertiary/aromatic N) is 3. The number of piperidine rings is 1. The topological polar surface area (TPSA) is 116 Å². The van der Waals surface area contributed by atoms with E-state index >= 15 is 0 Å². The Hall–Kier alpha value is -2.62. The summed E-state index contributed by atoms with van der Waals surface area (Å²) in [5, 5.41) is 2.24. The lowest BCUT2D eigenvalue weighted by Crippen LogP contribution is -2.54. The lowest BCUT2D eigenvalue weighted by Gasteiger charge is -2.35. The van der Waals surface area contributed by atoms with Crippen LogP contribution in [0.4, 0.5) is 0 Å². The number of imide groups is 2. The van der Waals surface area contributed by atoms with E-state index in [4.69, 9.17) is 5.73 Å². The van der Waals surface area contributed by atoms with Crippen LogP contribution in [0.1, 0.15) is 58.4 Å². The molecule has 3 aliphatic heterocycles. The van der Waals surface area contributed by atoms with E-state index in [1.165, 1.54) is 0 Å². The molecule has 3 heterocycles. The molecule has 0 saturated carbocycles. The van der Waals surface area contributed by atoms with Gasteiger partial charge in [-0.25, -0.2) is 0 Å². The Morgan fingerprint density at radius 3 is 2.41 bits per heavy atom. The molecule has 1 unspecified atom stereocenters. The van der Waals surface area contributed by atoms with Crippen molar-refractivity contribution in [2.24, 2.45) is 5.73 Å². The Morgan fingerprint density at radius 1 is 0.938 bits per heavy atom. The van der Waals surface area contributed by atoms with E-state index in [9.17, 15) is 19.2 Å². The van der Waals surface area contributed by atoms with Gasteiger partial charge in [0.05, 0.1) is 11.1 Å². The van der Waals surface area contributed by atoms with E-state index in [1.807, 2.05) is 6.07 Å². The van der Waals surface area contributed by atoms with Gasteiger partial charge in [0.1, 0.15) is 6.04 Å². The Morgan fingerprint density at radius 2 is 1.69 bits per heavy atom. The quantitative estimate of drug-likeness (QED) is 0.441. The van der Waals surface area contributed by atoms with Gasteiger partial charge in [-0.3, -0.25) is 34.3 Å². The number of fused-ring (bicyclic) bond motifs is 1. The molecule has 0 bridgehead atoms. The molecular formula is C23H31N5O4. The second-order valence-electron chi connectivity index (χ2n) is 8.75. The number of carbonyl (C=O) groups excluding carboxylic acids is 4. The van der Waals surface area contributed by atoms with E-state index in [2.05, 4.69) is 15.1 Å². The molecule has 4 amide bonds. The van der Waals surface area contributed by atoms with Gasteiger partial charge >= 0.3 is 0 Å². The first kappa shape index (κ1) is 22.6. The molecule has 9 nitrogen and oxygen atoms in total. The van der Waals surface area contributed by atoms with Crippen molar-refractivity contribution in [3.05, 3.63) is 34.9 Å². The molecule has 1 aromatic rings. The molecule has 1 aromatic carbocycles. The maximum atomic E-state index is 13.2. The van der Waals surface area contributed by atoms with E-state index in [1.54, 1.807) is 12.1 Å². The molecule has 32 heavy (non-hydrogen) atoms. The van der Waals surface area contributed by atoms with Crippen LogP contribution in [0.3, 0.4) is 0 Å². The highest BCUT2D eigenvalue weighted by atomic mass is 16.2. The van der Waals surface area contributed by atoms with Crippen LogP contribution in [0.25, 0.3) is 0 Å². The minimum atomic E-state index is -0.934. The number of amides is 4. The average Bonchev–Trinajstić information content (AvgIpc) is 3.04. The molecule has 9 heteroatoms. The lowest BCUT2D eigenvalue weighted by atomic mass is 10.0. The minimum Gasteiger partial charge on any atom is -0.330 e. The van der Waals surface area contributed by atoms with Crippen LogP contribution in [-0.4, -0.2) is 83.6 Å². The molecule has 0 aromatic heterocycles. The van der Waals surface area contributed by atoms with Crippen molar-refractivity contribution >= 4 is 23.6 Å². The molecular weight excluding hydrogens is 410 g/mol. The van der Waals surface area contributed by atoms with Crippen molar-refractivity contribution in [3.63, 3.8) is 0 Å². The standard InChI is InChI=1S/C23H31N5O4/c24-9-2-1-3-10-26-11-13-27(14-12-26)15-16-5-4-6-17-20(16)23(32)28(22(17)31)18-7-8-19(29)25-21(18)30/h4-6,18H,1-3,7-15,24H2,(H,25,29,30). The van der Waals surface area contributed by atoms with Gasteiger partial charge in [-0.15, -0.1) is 0 Å². The third-order valence-corrected chi connectivity index (χ3v) is 6.59. The number of rotatable bonds is 8. The lowest BCUT2D eigenvalue weighted by molar-refractivity contribution is -0.136.